The normalized spacial score (nSPS) is 11.6. The van der Waals surface area contributed by atoms with Gasteiger partial charge >= 0.3 is 5.97 Å². The number of anilines is 1. The molecule has 0 saturated carbocycles. The lowest BCUT2D eigenvalue weighted by molar-refractivity contribution is -0.149. The van der Waals surface area contributed by atoms with Gasteiger partial charge in [-0.3, -0.25) is 14.5 Å². The molecule has 0 unspecified atom stereocenters. The molecule has 1 aromatic rings. The SMILES string of the molecule is CCN(CC(=O)Nc1nc(C)cs1)C(C)(C)C(=O)O. The largest absolute Gasteiger partial charge is 0.480 e. The molecular weight excluding hydrogens is 266 g/mol. The number of aliphatic carboxylic acids is 1. The second kappa shape index (κ2) is 6.12. The van der Waals surface area contributed by atoms with E-state index in [-0.39, 0.29) is 12.5 Å². The molecule has 106 valence electrons. The van der Waals surface area contributed by atoms with Crippen LogP contribution in [0.3, 0.4) is 0 Å². The second-order valence-corrected chi connectivity index (χ2v) is 5.58. The van der Waals surface area contributed by atoms with E-state index in [4.69, 9.17) is 5.11 Å². The highest BCUT2D eigenvalue weighted by Gasteiger charge is 2.34. The van der Waals surface area contributed by atoms with Crippen molar-refractivity contribution in [2.24, 2.45) is 0 Å². The van der Waals surface area contributed by atoms with Gasteiger partial charge in [0.15, 0.2) is 5.13 Å². The van der Waals surface area contributed by atoms with E-state index in [1.807, 2.05) is 19.2 Å². The molecule has 0 atom stereocenters. The topological polar surface area (TPSA) is 82.5 Å². The summed E-state index contributed by atoms with van der Waals surface area (Å²) in [5.74, 6) is -1.21. The monoisotopic (exact) mass is 285 g/mol. The Morgan fingerprint density at radius 3 is 2.58 bits per heavy atom. The molecule has 0 spiro atoms. The average molecular weight is 285 g/mol. The highest BCUT2D eigenvalue weighted by atomic mass is 32.1. The summed E-state index contributed by atoms with van der Waals surface area (Å²) < 4.78 is 0. The number of likely N-dealkylation sites (N-methyl/N-ethyl adjacent to an activating group) is 1. The number of carboxylic acids is 1. The third kappa shape index (κ3) is 4.00. The fraction of sp³-hybridized carbons (Fsp3) is 0.583. The quantitative estimate of drug-likeness (QED) is 0.829. The number of hydrogen-bond acceptors (Lipinski definition) is 5. The second-order valence-electron chi connectivity index (χ2n) is 4.72. The Balaban J connectivity index is 2.66. The minimum absolute atomic E-state index is 0.0222. The lowest BCUT2D eigenvalue weighted by Gasteiger charge is -2.33. The predicted octanol–water partition coefficient (Wildman–Crippen LogP) is 1.58. The Morgan fingerprint density at radius 2 is 2.16 bits per heavy atom. The number of nitrogens with zero attached hydrogens (tertiary/aromatic N) is 2. The number of carbonyl (C=O) groups is 2. The van der Waals surface area contributed by atoms with Crippen LogP contribution < -0.4 is 5.32 Å². The highest BCUT2D eigenvalue weighted by molar-refractivity contribution is 7.13. The Labute approximate surface area is 116 Å². The molecule has 1 aromatic heterocycles. The number of amides is 1. The van der Waals surface area contributed by atoms with Gasteiger partial charge in [-0.15, -0.1) is 11.3 Å². The van der Waals surface area contributed by atoms with E-state index in [0.29, 0.717) is 11.7 Å². The molecule has 7 heteroatoms. The van der Waals surface area contributed by atoms with Crippen molar-refractivity contribution in [3.63, 3.8) is 0 Å². The van der Waals surface area contributed by atoms with Crippen LogP contribution >= 0.6 is 11.3 Å². The molecule has 0 radical (unpaired) electrons. The van der Waals surface area contributed by atoms with Crippen LogP contribution in [0.25, 0.3) is 0 Å². The van der Waals surface area contributed by atoms with E-state index in [0.717, 1.165) is 5.69 Å². The number of rotatable bonds is 6. The van der Waals surface area contributed by atoms with E-state index in [2.05, 4.69) is 10.3 Å². The number of carboxylic acid groups (broad SMARTS) is 1. The number of aromatic nitrogens is 1. The zero-order valence-electron chi connectivity index (χ0n) is 11.6. The maximum atomic E-state index is 11.9. The van der Waals surface area contributed by atoms with Crippen LogP contribution in [0, 0.1) is 6.92 Å². The van der Waals surface area contributed by atoms with Crippen molar-refractivity contribution < 1.29 is 14.7 Å². The number of thiazole rings is 1. The van der Waals surface area contributed by atoms with Crippen LogP contribution in [0.2, 0.25) is 0 Å². The molecule has 1 rings (SSSR count). The third-order valence-corrected chi connectivity index (χ3v) is 3.77. The summed E-state index contributed by atoms with van der Waals surface area (Å²) in [6.07, 6.45) is 0. The van der Waals surface area contributed by atoms with E-state index >= 15 is 0 Å². The van der Waals surface area contributed by atoms with Gasteiger partial charge in [0, 0.05) is 5.38 Å². The van der Waals surface area contributed by atoms with Crippen LogP contribution in [0.1, 0.15) is 26.5 Å². The number of hydrogen-bond donors (Lipinski definition) is 2. The van der Waals surface area contributed by atoms with Crippen molar-refractivity contribution in [3.8, 4) is 0 Å². The smallest absolute Gasteiger partial charge is 0.323 e. The molecule has 6 nitrogen and oxygen atoms in total. The zero-order valence-corrected chi connectivity index (χ0v) is 12.4. The van der Waals surface area contributed by atoms with Crippen LogP contribution in [0.5, 0.6) is 0 Å². The Kier molecular flexibility index (Phi) is 5.02. The van der Waals surface area contributed by atoms with Gasteiger partial charge in [-0.25, -0.2) is 4.98 Å². The average Bonchev–Trinajstić information content (AvgIpc) is 2.71. The lowest BCUT2D eigenvalue weighted by Crippen LogP contribution is -2.52. The van der Waals surface area contributed by atoms with Crippen molar-refractivity contribution in [3.05, 3.63) is 11.1 Å². The van der Waals surface area contributed by atoms with Crippen LogP contribution in [0.15, 0.2) is 5.38 Å². The Morgan fingerprint density at radius 1 is 1.53 bits per heavy atom. The van der Waals surface area contributed by atoms with Gasteiger partial charge < -0.3 is 10.4 Å². The molecule has 1 amide bonds. The molecule has 0 saturated heterocycles. The summed E-state index contributed by atoms with van der Waals surface area (Å²) >= 11 is 1.35. The standard InChI is InChI=1S/C12H19N3O3S/c1-5-15(12(3,4)10(17)18)6-9(16)14-11-13-8(2)7-19-11/h7H,5-6H2,1-4H3,(H,17,18)(H,13,14,16). The van der Waals surface area contributed by atoms with Crippen molar-refractivity contribution in [1.29, 1.82) is 0 Å². The van der Waals surface area contributed by atoms with Gasteiger partial charge in [0.25, 0.3) is 0 Å². The molecule has 0 bridgehead atoms. The lowest BCUT2D eigenvalue weighted by atomic mass is 10.0. The van der Waals surface area contributed by atoms with E-state index < -0.39 is 11.5 Å². The van der Waals surface area contributed by atoms with Gasteiger partial charge in [-0.1, -0.05) is 6.92 Å². The van der Waals surface area contributed by atoms with Crippen molar-refractivity contribution in [2.45, 2.75) is 33.2 Å². The summed E-state index contributed by atoms with van der Waals surface area (Å²) in [4.78, 5) is 28.8. The van der Waals surface area contributed by atoms with Gasteiger partial charge in [0.1, 0.15) is 5.54 Å². The highest BCUT2D eigenvalue weighted by Crippen LogP contribution is 2.16. The number of aryl methyl sites for hydroxylation is 1. The summed E-state index contributed by atoms with van der Waals surface area (Å²) in [6.45, 7) is 7.33. The first-order valence-electron chi connectivity index (χ1n) is 5.97. The van der Waals surface area contributed by atoms with Gasteiger partial charge in [0.05, 0.1) is 12.2 Å². The van der Waals surface area contributed by atoms with Crippen molar-refractivity contribution >= 4 is 28.3 Å². The summed E-state index contributed by atoms with van der Waals surface area (Å²) in [6, 6.07) is 0. The van der Waals surface area contributed by atoms with Crippen molar-refractivity contribution in [1.82, 2.24) is 9.88 Å². The predicted molar refractivity (Wildman–Crippen MR) is 74.4 cm³/mol. The Hall–Kier alpha value is -1.47. The number of carbonyl (C=O) groups excluding carboxylic acids is 1. The first-order valence-corrected chi connectivity index (χ1v) is 6.85. The maximum Gasteiger partial charge on any atom is 0.323 e. The van der Waals surface area contributed by atoms with Gasteiger partial charge in [0.2, 0.25) is 5.91 Å². The van der Waals surface area contributed by atoms with E-state index in [9.17, 15) is 9.59 Å². The maximum absolute atomic E-state index is 11.9. The molecule has 2 N–H and O–H groups in total. The van der Waals surface area contributed by atoms with Crippen LogP contribution in [0.4, 0.5) is 5.13 Å². The molecule has 19 heavy (non-hydrogen) atoms. The first kappa shape index (κ1) is 15.6. The molecule has 0 aromatic carbocycles. The van der Waals surface area contributed by atoms with Gasteiger partial charge in [-0.2, -0.15) is 0 Å². The summed E-state index contributed by atoms with van der Waals surface area (Å²) in [5, 5.41) is 14.2. The molecule has 0 aliphatic rings. The summed E-state index contributed by atoms with van der Waals surface area (Å²) in [7, 11) is 0. The third-order valence-electron chi connectivity index (χ3n) is 2.90. The fourth-order valence-corrected chi connectivity index (χ4v) is 2.29. The number of nitrogens with one attached hydrogen (secondary N) is 1. The van der Waals surface area contributed by atoms with Crippen LogP contribution in [-0.4, -0.2) is 45.5 Å². The molecule has 1 heterocycles. The molecule has 0 fully saturated rings. The van der Waals surface area contributed by atoms with E-state index in [1.54, 1.807) is 18.7 Å². The molecule has 0 aliphatic carbocycles. The zero-order chi connectivity index (χ0) is 14.6. The minimum Gasteiger partial charge on any atom is -0.480 e. The first-order chi connectivity index (χ1) is 8.77. The Bertz CT molecular complexity index is 471. The van der Waals surface area contributed by atoms with Crippen LogP contribution in [-0.2, 0) is 9.59 Å². The van der Waals surface area contributed by atoms with E-state index in [1.165, 1.54) is 11.3 Å². The van der Waals surface area contributed by atoms with Gasteiger partial charge in [-0.05, 0) is 27.3 Å². The molecular formula is C12H19N3O3S. The summed E-state index contributed by atoms with van der Waals surface area (Å²) in [5.41, 5.74) is -0.233. The molecule has 0 aliphatic heterocycles. The van der Waals surface area contributed by atoms with Crippen molar-refractivity contribution in [2.75, 3.05) is 18.4 Å². The fourth-order valence-electron chi connectivity index (χ4n) is 1.58. The minimum atomic E-state index is -1.08.